The molecule has 0 bridgehead atoms. The molecule has 0 aliphatic heterocycles. The van der Waals surface area contributed by atoms with Crippen LogP contribution in [0.1, 0.15) is 21.5 Å². The highest BCUT2D eigenvalue weighted by molar-refractivity contribution is 6.33. The molecule has 0 saturated heterocycles. The first-order valence-electron chi connectivity index (χ1n) is 6.20. The molecule has 0 aliphatic rings. The molecule has 0 unspecified atom stereocenters. The molecule has 0 aromatic heterocycles. The van der Waals surface area contributed by atoms with Crippen molar-refractivity contribution in [1.82, 2.24) is 0 Å². The number of rotatable bonds is 4. The lowest BCUT2D eigenvalue weighted by Crippen LogP contribution is -2.03. The van der Waals surface area contributed by atoms with Crippen LogP contribution in [0.3, 0.4) is 0 Å². The topological polar surface area (TPSA) is 35.5 Å². The van der Waals surface area contributed by atoms with Gasteiger partial charge in [0.1, 0.15) is 0 Å². The van der Waals surface area contributed by atoms with E-state index in [-0.39, 0.29) is 5.78 Å². The van der Waals surface area contributed by atoms with Gasteiger partial charge in [0.05, 0.1) is 19.2 Å². The van der Waals surface area contributed by atoms with Crippen molar-refractivity contribution in [3.63, 3.8) is 0 Å². The Kier molecular flexibility index (Phi) is 4.76. The summed E-state index contributed by atoms with van der Waals surface area (Å²) in [5.74, 6) is 0.629. The first-order valence-corrected chi connectivity index (χ1v) is 6.96. The number of ketones is 1. The second-order valence-corrected chi connectivity index (χ2v) is 5.30. The minimum Gasteiger partial charge on any atom is -0.493 e. The van der Waals surface area contributed by atoms with Crippen LogP contribution in [0.2, 0.25) is 10.0 Å². The van der Waals surface area contributed by atoms with Gasteiger partial charge in [-0.2, -0.15) is 0 Å². The zero-order chi connectivity index (χ0) is 15.6. The van der Waals surface area contributed by atoms with Crippen LogP contribution in [0, 0.1) is 6.92 Å². The van der Waals surface area contributed by atoms with Crippen LogP contribution < -0.4 is 9.47 Å². The fourth-order valence-corrected chi connectivity index (χ4v) is 2.42. The molecule has 110 valence electrons. The third-order valence-corrected chi connectivity index (χ3v) is 3.82. The second kappa shape index (κ2) is 6.37. The van der Waals surface area contributed by atoms with Gasteiger partial charge in [0.15, 0.2) is 17.3 Å². The Labute approximate surface area is 133 Å². The van der Waals surface area contributed by atoms with E-state index in [1.807, 2.05) is 6.92 Å². The van der Waals surface area contributed by atoms with Crippen LogP contribution in [0.25, 0.3) is 0 Å². The average Bonchev–Trinajstić information content (AvgIpc) is 2.48. The molecule has 0 spiro atoms. The van der Waals surface area contributed by atoms with Crippen molar-refractivity contribution in [1.29, 1.82) is 0 Å². The summed E-state index contributed by atoms with van der Waals surface area (Å²) in [4.78, 5) is 12.5. The summed E-state index contributed by atoms with van der Waals surface area (Å²) >= 11 is 12.2. The summed E-state index contributed by atoms with van der Waals surface area (Å²) in [6.45, 7) is 1.88. The SMILES string of the molecule is COc1cc(C(=O)c2ccc(C)c(Cl)c2)cc(Cl)c1OC. The molecule has 0 fully saturated rings. The molecule has 0 saturated carbocycles. The lowest BCUT2D eigenvalue weighted by molar-refractivity contribution is 0.103. The first kappa shape index (κ1) is 15.7. The fraction of sp³-hybridized carbons (Fsp3) is 0.188. The van der Waals surface area contributed by atoms with E-state index in [1.165, 1.54) is 14.2 Å². The number of benzene rings is 2. The zero-order valence-electron chi connectivity index (χ0n) is 11.9. The molecule has 21 heavy (non-hydrogen) atoms. The highest BCUT2D eigenvalue weighted by Gasteiger charge is 2.17. The van der Waals surface area contributed by atoms with Gasteiger partial charge in [0.25, 0.3) is 0 Å². The molecular weight excluding hydrogens is 311 g/mol. The summed E-state index contributed by atoms with van der Waals surface area (Å²) in [5.41, 5.74) is 1.82. The normalized spacial score (nSPS) is 10.3. The van der Waals surface area contributed by atoms with E-state index in [9.17, 15) is 4.79 Å². The quantitative estimate of drug-likeness (QED) is 0.774. The van der Waals surface area contributed by atoms with Gasteiger partial charge >= 0.3 is 0 Å². The standard InChI is InChI=1S/C16H14Cl2O3/c1-9-4-5-10(6-12(9)17)15(19)11-7-13(18)16(21-3)14(8-11)20-2/h4-8H,1-3H3. The van der Waals surface area contributed by atoms with Crippen LogP contribution in [-0.4, -0.2) is 20.0 Å². The zero-order valence-corrected chi connectivity index (χ0v) is 13.4. The van der Waals surface area contributed by atoms with E-state index in [1.54, 1.807) is 30.3 Å². The van der Waals surface area contributed by atoms with Gasteiger partial charge < -0.3 is 9.47 Å². The number of aryl methyl sites for hydroxylation is 1. The third-order valence-electron chi connectivity index (χ3n) is 3.13. The van der Waals surface area contributed by atoms with Crippen LogP contribution in [-0.2, 0) is 0 Å². The maximum Gasteiger partial charge on any atom is 0.193 e. The van der Waals surface area contributed by atoms with Gasteiger partial charge in [-0.15, -0.1) is 0 Å². The van der Waals surface area contributed by atoms with Crippen molar-refractivity contribution >= 4 is 29.0 Å². The predicted molar refractivity (Wildman–Crippen MR) is 84.2 cm³/mol. The Balaban J connectivity index is 2.48. The molecule has 0 radical (unpaired) electrons. The van der Waals surface area contributed by atoms with E-state index >= 15 is 0 Å². The maximum atomic E-state index is 12.5. The molecule has 2 rings (SSSR count). The summed E-state index contributed by atoms with van der Waals surface area (Å²) in [5, 5.41) is 0.867. The van der Waals surface area contributed by atoms with Gasteiger partial charge in [-0.1, -0.05) is 35.3 Å². The molecule has 0 amide bonds. The molecule has 0 atom stereocenters. The van der Waals surface area contributed by atoms with Crippen LogP contribution in [0.15, 0.2) is 30.3 Å². The van der Waals surface area contributed by atoms with Crippen LogP contribution >= 0.6 is 23.2 Å². The smallest absolute Gasteiger partial charge is 0.193 e. The summed E-state index contributed by atoms with van der Waals surface area (Å²) in [7, 11) is 2.98. The molecule has 0 N–H and O–H groups in total. The highest BCUT2D eigenvalue weighted by atomic mass is 35.5. The number of ether oxygens (including phenoxy) is 2. The number of hydrogen-bond acceptors (Lipinski definition) is 3. The summed E-state index contributed by atoms with van der Waals surface area (Å²) in [6.07, 6.45) is 0. The number of carbonyl (C=O) groups excluding carboxylic acids is 1. The number of halogens is 2. The Hall–Kier alpha value is -1.71. The van der Waals surface area contributed by atoms with Crippen molar-refractivity contribution in [3.05, 3.63) is 57.1 Å². The Morgan fingerprint density at radius 3 is 2.19 bits per heavy atom. The lowest BCUT2D eigenvalue weighted by atomic mass is 10.0. The largest absolute Gasteiger partial charge is 0.493 e. The number of hydrogen-bond donors (Lipinski definition) is 0. The minimum absolute atomic E-state index is 0.181. The summed E-state index contributed by atoms with van der Waals surface area (Å²) in [6, 6.07) is 8.33. The van der Waals surface area contributed by atoms with E-state index in [2.05, 4.69) is 0 Å². The molecule has 0 aliphatic carbocycles. The molecular formula is C16H14Cl2O3. The van der Waals surface area contributed by atoms with Crippen LogP contribution in [0.4, 0.5) is 0 Å². The van der Waals surface area contributed by atoms with Gasteiger partial charge in [-0.3, -0.25) is 4.79 Å². The van der Waals surface area contributed by atoms with E-state index in [0.717, 1.165) is 5.56 Å². The van der Waals surface area contributed by atoms with Crippen molar-refractivity contribution < 1.29 is 14.3 Å². The van der Waals surface area contributed by atoms with E-state index in [0.29, 0.717) is 32.7 Å². The molecule has 3 nitrogen and oxygen atoms in total. The second-order valence-electron chi connectivity index (χ2n) is 4.49. The Morgan fingerprint density at radius 1 is 0.952 bits per heavy atom. The molecule has 2 aromatic rings. The predicted octanol–water partition coefficient (Wildman–Crippen LogP) is 4.55. The van der Waals surface area contributed by atoms with Crippen LogP contribution in [0.5, 0.6) is 11.5 Å². The fourth-order valence-electron chi connectivity index (χ4n) is 1.95. The van der Waals surface area contributed by atoms with Crippen molar-refractivity contribution in [2.75, 3.05) is 14.2 Å². The summed E-state index contributed by atoms with van der Waals surface area (Å²) < 4.78 is 10.4. The average molecular weight is 325 g/mol. The van der Waals surface area contributed by atoms with E-state index < -0.39 is 0 Å². The highest BCUT2D eigenvalue weighted by Crippen LogP contribution is 2.36. The van der Waals surface area contributed by atoms with E-state index in [4.69, 9.17) is 32.7 Å². The van der Waals surface area contributed by atoms with Crippen molar-refractivity contribution in [2.45, 2.75) is 6.92 Å². The molecule has 5 heteroatoms. The monoisotopic (exact) mass is 324 g/mol. The lowest BCUT2D eigenvalue weighted by Gasteiger charge is -2.11. The van der Waals surface area contributed by atoms with Crippen molar-refractivity contribution in [3.8, 4) is 11.5 Å². The number of carbonyl (C=O) groups is 1. The third kappa shape index (κ3) is 3.14. The van der Waals surface area contributed by atoms with Gasteiger partial charge in [-0.25, -0.2) is 0 Å². The molecule has 2 aromatic carbocycles. The number of methoxy groups -OCH3 is 2. The first-order chi connectivity index (χ1) is 9.97. The van der Waals surface area contributed by atoms with Gasteiger partial charge in [0, 0.05) is 16.1 Å². The Bertz CT molecular complexity index is 696. The minimum atomic E-state index is -0.181. The molecule has 0 heterocycles. The maximum absolute atomic E-state index is 12.5. The van der Waals surface area contributed by atoms with Gasteiger partial charge in [-0.05, 0) is 30.7 Å². The van der Waals surface area contributed by atoms with Crippen molar-refractivity contribution in [2.24, 2.45) is 0 Å². The Morgan fingerprint density at radius 2 is 1.62 bits per heavy atom. The van der Waals surface area contributed by atoms with Gasteiger partial charge in [0.2, 0.25) is 0 Å².